The number of nitrogens with one attached hydrogen (secondary N) is 2. The maximum atomic E-state index is 13.1. The molecule has 9 nitrogen and oxygen atoms in total. The van der Waals surface area contributed by atoms with Crippen LogP contribution in [0.4, 0.5) is 10.7 Å². The fourth-order valence-corrected chi connectivity index (χ4v) is 4.55. The largest absolute Gasteiger partial charge is 0.342 e. The molecule has 1 aliphatic rings. The summed E-state index contributed by atoms with van der Waals surface area (Å²) < 4.78 is 1.64. The Hall–Kier alpha value is -2.58. The van der Waals surface area contributed by atoms with Gasteiger partial charge in [-0.05, 0) is 44.4 Å². The highest BCUT2D eigenvalue weighted by Gasteiger charge is 2.28. The molecular formula is C26H45N7O2. The zero-order chi connectivity index (χ0) is 26.1. The summed E-state index contributed by atoms with van der Waals surface area (Å²) in [6.45, 7) is 20.0. The number of aryl methyl sites for hydroxylation is 1. The van der Waals surface area contributed by atoms with Crippen molar-refractivity contribution in [2.45, 2.75) is 86.1 Å². The van der Waals surface area contributed by atoms with Gasteiger partial charge in [0.25, 0.3) is 5.56 Å². The van der Waals surface area contributed by atoms with Crippen LogP contribution in [0.25, 0.3) is 11.0 Å². The van der Waals surface area contributed by atoms with Gasteiger partial charge in [-0.25, -0.2) is 9.78 Å². The van der Waals surface area contributed by atoms with Crippen molar-refractivity contribution in [2.75, 3.05) is 31.1 Å². The maximum absolute atomic E-state index is 13.1. The van der Waals surface area contributed by atoms with Gasteiger partial charge in [-0.15, -0.1) is 0 Å². The Labute approximate surface area is 209 Å². The normalized spacial score (nSPS) is 15.8. The Bertz CT molecular complexity index is 1080. The fourth-order valence-electron chi connectivity index (χ4n) is 4.55. The van der Waals surface area contributed by atoms with Crippen LogP contribution in [0, 0.1) is 11.3 Å². The molecule has 1 aliphatic heterocycles. The van der Waals surface area contributed by atoms with E-state index >= 15 is 0 Å². The topological polar surface area (TPSA) is 99.2 Å². The summed E-state index contributed by atoms with van der Waals surface area (Å²) in [5.74, 6) is 1.04. The predicted octanol–water partition coefficient (Wildman–Crippen LogP) is 4.03. The Morgan fingerprint density at radius 1 is 1.17 bits per heavy atom. The molecular weight excluding hydrogens is 442 g/mol. The molecule has 2 amide bonds. The number of piperidine rings is 1. The number of nitrogens with zero attached hydrogens (tertiary/aromatic N) is 5. The lowest BCUT2D eigenvalue weighted by atomic mass is 9.91. The number of urea groups is 1. The molecule has 0 aliphatic carbocycles. The Balaban J connectivity index is 1.87. The molecule has 2 N–H and O–H groups in total. The lowest BCUT2D eigenvalue weighted by molar-refractivity contribution is 0.169. The van der Waals surface area contributed by atoms with Crippen LogP contribution in [0.3, 0.4) is 0 Å². The van der Waals surface area contributed by atoms with E-state index in [1.165, 1.54) is 0 Å². The summed E-state index contributed by atoms with van der Waals surface area (Å²) in [7, 11) is 1.80. The zero-order valence-electron chi connectivity index (χ0n) is 23.2. The monoisotopic (exact) mass is 487 g/mol. The molecule has 0 unspecified atom stereocenters. The van der Waals surface area contributed by atoms with E-state index in [-0.39, 0.29) is 28.5 Å². The minimum absolute atomic E-state index is 0.0192. The lowest BCUT2D eigenvalue weighted by Crippen LogP contribution is -2.48. The molecule has 3 rings (SSSR count). The van der Waals surface area contributed by atoms with Gasteiger partial charge in [0.2, 0.25) is 5.95 Å². The van der Waals surface area contributed by atoms with Gasteiger partial charge in [-0.1, -0.05) is 41.5 Å². The van der Waals surface area contributed by atoms with Gasteiger partial charge in [0, 0.05) is 44.7 Å². The van der Waals surface area contributed by atoms with Gasteiger partial charge in [0.15, 0.2) is 5.52 Å². The molecule has 2 aromatic heterocycles. The highest BCUT2D eigenvalue weighted by molar-refractivity contribution is 5.79. The van der Waals surface area contributed by atoms with Crippen molar-refractivity contribution < 1.29 is 4.79 Å². The first-order valence-electron chi connectivity index (χ1n) is 12.9. The minimum Gasteiger partial charge on any atom is -0.342 e. The number of rotatable bonds is 6. The van der Waals surface area contributed by atoms with E-state index in [4.69, 9.17) is 4.98 Å². The third kappa shape index (κ3) is 6.76. The third-order valence-corrected chi connectivity index (χ3v) is 6.61. The van der Waals surface area contributed by atoms with Crippen molar-refractivity contribution in [3.63, 3.8) is 0 Å². The first-order valence-corrected chi connectivity index (χ1v) is 12.9. The van der Waals surface area contributed by atoms with Crippen LogP contribution in [-0.2, 0) is 12.5 Å². The van der Waals surface area contributed by atoms with Crippen molar-refractivity contribution >= 4 is 23.0 Å². The molecule has 0 spiro atoms. The number of aromatic amines is 1. The van der Waals surface area contributed by atoms with E-state index in [0.29, 0.717) is 22.9 Å². The number of aromatic nitrogens is 4. The summed E-state index contributed by atoms with van der Waals surface area (Å²) in [4.78, 5) is 37.7. The molecule has 0 bridgehead atoms. The molecule has 0 atom stereocenters. The van der Waals surface area contributed by atoms with Crippen molar-refractivity contribution in [2.24, 2.45) is 18.4 Å². The van der Waals surface area contributed by atoms with Crippen LogP contribution in [-0.4, -0.2) is 62.9 Å². The van der Waals surface area contributed by atoms with Crippen LogP contribution < -0.4 is 15.8 Å². The number of carbonyl (C=O) groups is 1. The molecule has 0 saturated carbocycles. The molecule has 9 heteroatoms. The molecule has 1 fully saturated rings. The number of hydrogen-bond donors (Lipinski definition) is 2. The van der Waals surface area contributed by atoms with Crippen LogP contribution >= 0.6 is 0 Å². The van der Waals surface area contributed by atoms with Gasteiger partial charge in [0.05, 0.1) is 5.69 Å². The second-order valence-corrected chi connectivity index (χ2v) is 12.6. The van der Waals surface area contributed by atoms with Crippen molar-refractivity contribution in [3.05, 3.63) is 16.0 Å². The van der Waals surface area contributed by atoms with Crippen LogP contribution in [0.1, 0.15) is 80.3 Å². The van der Waals surface area contributed by atoms with E-state index in [0.717, 1.165) is 51.1 Å². The average molecular weight is 488 g/mol. The number of amides is 2. The highest BCUT2D eigenvalue weighted by atomic mass is 16.2. The second kappa shape index (κ2) is 10.2. The van der Waals surface area contributed by atoms with E-state index in [1.807, 2.05) is 18.7 Å². The SMILES string of the molecule is CC(C)NC(=O)N1CCC(CN(CCC(C)(C)C)c2nc3c(C(C)(C)C)nn(C)c3c(=O)[nH]2)CC1. The molecule has 0 aromatic carbocycles. The van der Waals surface area contributed by atoms with Gasteiger partial charge >= 0.3 is 6.03 Å². The van der Waals surface area contributed by atoms with Crippen LogP contribution in [0.5, 0.6) is 0 Å². The summed E-state index contributed by atoms with van der Waals surface area (Å²) in [5, 5.41) is 7.63. The quantitative estimate of drug-likeness (QED) is 0.641. The summed E-state index contributed by atoms with van der Waals surface area (Å²) in [6, 6.07) is 0.155. The summed E-state index contributed by atoms with van der Waals surface area (Å²) in [6.07, 6.45) is 2.85. The highest BCUT2D eigenvalue weighted by Crippen LogP contribution is 2.29. The van der Waals surface area contributed by atoms with Crippen molar-refractivity contribution in [3.8, 4) is 0 Å². The molecule has 196 valence electrons. The first-order chi connectivity index (χ1) is 16.2. The Kier molecular flexibility index (Phi) is 7.86. The molecule has 3 heterocycles. The molecule has 2 aromatic rings. The number of H-pyrrole nitrogens is 1. The second-order valence-electron chi connectivity index (χ2n) is 12.6. The first kappa shape index (κ1) is 27.0. The lowest BCUT2D eigenvalue weighted by Gasteiger charge is -2.36. The predicted molar refractivity (Wildman–Crippen MR) is 142 cm³/mol. The van der Waals surface area contributed by atoms with Crippen molar-refractivity contribution in [1.29, 1.82) is 0 Å². The van der Waals surface area contributed by atoms with Crippen LogP contribution in [0.2, 0.25) is 0 Å². The average Bonchev–Trinajstić information content (AvgIpc) is 3.07. The number of carbonyl (C=O) groups excluding carboxylic acids is 1. The maximum Gasteiger partial charge on any atom is 0.317 e. The number of anilines is 1. The van der Waals surface area contributed by atoms with E-state index < -0.39 is 0 Å². The Morgan fingerprint density at radius 3 is 2.34 bits per heavy atom. The van der Waals surface area contributed by atoms with Crippen molar-refractivity contribution in [1.82, 2.24) is 30.0 Å². The molecule has 35 heavy (non-hydrogen) atoms. The van der Waals surface area contributed by atoms with Gasteiger partial charge in [-0.3, -0.25) is 14.5 Å². The van der Waals surface area contributed by atoms with Gasteiger partial charge in [0.1, 0.15) is 5.52 Å². The number of hydrogen-bond acceptors (Lipinski definition) is 5. The fraction of sp³-hybridized carbons (Fsp3) is 0.769. The van der Waals surface area contributed by atoms with E-state index in [9.17, 15) is 9.59 Å². The third-order valence-electron chi connectivity index (χ3n) is 6.61. The molecule has 1 saturated heterocycles. The van der Waals surface area contributed by atoms with Gasteiger partial charge in [-0.2, -0.15) is 5.10 Å². The summed E-state index contributed by atoms with van der Waals surface area (Å²) >= 11 is 0. The summed E-state index contributed by atoms with van der Waals surface area (Å²) in [5.41, 5.74) is 1.81. The number of likely N-dealkylation sites (tertiary alicyclic amines) is 1. The Morgan fingerprint density at radius 2 is 1.80 bits per heavy atom. The van der Waals surface area contributed by atoms with E-state index in [2.05, 4.69) is 61.8 Å². The van der Waals surface area contributed by atoms with E-state index in [1.54, 1.807) is 11.7 Å². The molecule has 0 radical (unpaired) electrons. The van der Waals surface area contributed by atoms with Crippen LogP contribution in [0.15, 0.2) is 4.79 Å². The smallest absolute Gasteiger partial charge is 0.317 e. The number of fused-ring (bicyclic) bond motifs is 1. The standard InChI is InChI=1S/C26H45N7O2/c1-17(2)27-24(35)32-13-10-18(11-14-32)16-33(15-12-25(3,4)5)23-28-19-20(22(34)29-23)31(9)30-21(19)26(6,7)8/h17-18H,10-16H2,1-9H3,(H,27,35)(H,28,29,34). The zero-order valence-corrected chi connectivity index (χ0v) is 23.2. The van der Waals surface area contributed by atoms with Gasteiger partial charge < -0.3 is 15.1 Å². The minimum atomic E-state index is -0.225.